The van der Waals surface area contributed by atoms with Gasteiger partial charge in [-0.15, -0.1) is 0 Å². The average molecular weight is 399 g/mol. The van der Waals surface area contributed by atoms with Gasteiger partial charge in [0.25, 0.3) is 0 Å². The second kappa shape index (κ2) is 9.20. The molecule has 1 aliphatic rings. The number of amides is 2. The molecular formula is C22H30N4O3. The first kappa shape index (κ1) is 21.0. The van der Waals surface area contributed by atoms with Gasteiger partial charge in [-0.3, -0.25) is 9.59 Å². The fraction of sp³-hybridized carbons (Fsp3) is 0.545. The maximum atomic E-state index is 12.3. The molecule has 2 amide bonds. The van der Waals surface area contributed by atoms with Crippen molar-refractivity contribution in [1.29, 1.82) is 0 Å². The fourth-order valence-corrected chi connectivity index (χ4v) is 4.12. The van der Waals surface area contributed by atoms with Crippen LogP contribution in [0.2, 0.25) is 0 Å². The Morgan fingerprint density at radius 1 is 1.07 bits per heavy atom. The van der Waals surface area contributed by atoms with Crippen molar-refractivity contribution in [3.8, 4) is 0 Å². The Kier molecular flexibility index (Phi) is 6.67. The van der Waals surface area contributed by atoms with Gasteiger partial charge in [-0.25, -0.2) is 0 Å². The molecule has 0 saturated heterocycles. The molecule has 1 heterocycles. The normalized spacial score (nSPS) is 16.1. The molecular weight excluding hydrogens is 368 g/mol. The summed E-state index contributed by atoms with van der Waals surface area (Å²) >= 11 is 0. The molecule has 3 rings (SSSR count). The van der Waals surface area contributed by atoms with E-state index >= 15 is 0 Å². The first-order chi connectivity index (χ1) is 13.9. The van der Waals surface area contributed by atoms with Crippen LogP contribution in [0.25, 0.3) is 0 Å². The van der Waals surface area contributed by atoms with E-state index in [4.69, 9.17) is 4.52 Å². The van der Waals surface area contributed by atoms with E-state index in [1.807, 2.05) is 26.0 Å². The number of carbonyl (C=O) groups excluding carboxylic acids is 2. The summed E-state index contributed by atoms with van der Waals surface area (Å²) in [4.78, 5) is 28.6. The van der Waals surface area contributed by atoms with Crippen molar-refractivity contribution in [2.45, 2.75) is 77.7 Å². The van der Waals surface area contributed by atoms with Crippen molar-refractivity contribution < 1.29 is 14.1 Å². The van der Waals surface area contributed by atoms with E-state index in [0.29, 0.717) is 18.1 Å². The van der Waals surface area contributed by atoms with Crippen LogP contribution in [0.3, 0.4) is 0 Å². The van der Waals surface area contributed by atoms with Crippen LogP contribution in [0.15, 0.2) is 22.7 Å². The van der Waals surface area contributed by atoms with Crippen molar-refractivity contribution in [1.82, 2.24) is 15.5 Å². The van der Waals surface area contributed by atoms with Gasteiger partial charge in [-0.2, -0.15) is 4.98 Å². The fourth-order valence-electron chi connectivity index (χ4n) is 4.12. The molecule has 1 aromatic carbocycles. The van der Waals surface area contributed by atoms with E-state index in [0.717, 1.165) is 55.3 Å². The molecule has 1 aromatic heterocycles. The molecule has 1 saturated carbocycles. The van der Waals surface area contributed by atoms with E-state index in [1.165, 1.54) is 6.92 Å². The van der Waals surface area contributed by atoms with Crippen molar-refractivity contribution in [3.05, 3.63) is 41.0 Å². The van der Waals surface area contributed by atoms with Crippen LogP contribution in [0.1, 0.15) is 74.7 Å². The largest absolute Gasteiger partial charge is 0.343 e. The Balaban J connectivity index is 1.64. The Bertz CT molecular complexity index is 846. The second-order valence-electron chi connectivity index (χ2n) is 8.11. The molecule has 0 atom stereocenters. The maximum Gasteiger partial charge on any atom is 0.227 e. The summed E-state index contributed by atoms with van der Waals surface area (Å²) in [6, 6.07) is 5.95. The highest BCUT2D eigenvalue weighted by Gasteiger charge is 2.38. The lowest BCUT2D eigenvalue weighted by molar-refractivity contribution is -0.121. The Labute approximate surface area is 171 Å². The summed E-state index contributed by atoms with van der Waals surface area (Å²) in [6.45, 7) is 5.52. The summed E-state index contributed by atoms with van der Waals surface area (Å²) in [5.41, 5.74) is 2.44. The summed E-state index contributed by atoms with van der Waals surface area (Å²) in [7, 11) is 0. The summed E-state index contributed by atoms with van der Waals surface area (Å²) in [5.74, 6) is 0.760. The van der Waals surface area contributed by atoms with E-state index in [9.17, 15) is 9.59 Å². The predicted octanol–water partition coefficient (Wildman–Crippen LogP) is 3.94. The van der Waals surface area contributed by atoms with Gasteiger partial charge in [0.15, 0.2) is 5.82 Å². The van der Waals surface area contributed by atoms with Crippen LogP contribution in [0.5, 0.6) is 0 Å². The summed E-state index contributed by atoms with van der Waals surface area (Å²) in [5, 5.41) is 10.1. The topological polar surface area (TPSA) is 97.1 Å². The number of carbonyl (C=O) groups is 2. The summed E-state index contributed by atoms with van der Waals surface area (Å²) in [6.07, 6.45) is 6.54. The maximum absolute atomic E-state index is 12.3. The minimum Gasteiger partial charge on any atom is -0.343 e. The van der Waals surface area contributed by atoms with Gasteiger partial charge < -0.3 is 15.2 Å². The number of hydrogen-bond donors (Lipinski definition) is 2. The highest BCUT2D eigenvalue weighted by atomic mass is 16.5. The molecule has 7 nitrogen and oxygen atoms in total. The molecule has 1 aliphatic carbocycles. The van der Waals surface area contributed by atoms with Crippen LogP contribution >= 0.6 is 0 Å². The van der Waals surface area contributed by atoms with Crippen molar-refractivity contribution in [2.24, 2.45) is 0 Å². The molecule has 0 spiro atoms. The monoisotopic (exact) mass is 398 g/mol. The number of aryl methyl sites for hydroxylation is 3. The van der Waals surface area contributed by atoms with Gasteiger partial charge in [0.1, 0.15) is 5.54 Å². The van der Waals surface area contributed by atoms with Gasteiger partial charge in [0, 0.05) is 25.5 Å². The zero-order valence-corrected chi connectivity index (χ0v) is 17.5. The van der Waals surface area contributed by atoms with Crippen LogP contribution < -0.4 is 10.6 Å². The Morgan fingerprint density at radius 3 is 2.34 bits per heavy atom. The number of benzene rings is 1. The predicted molar refractivity (Wildman–Crippen MR) is 110 cm³/mol. The minimum atomic E-state index is -0.564. The number of nitrogens with zero attached hydrogens (tertiary/aromatic N) is 2. The number of rotatable bonds is 6. The number of nitrogens with one attached hydrogen (secondary N) is 2. The van der Waals surface area contributed by atoms with E-state index in [-0.39, 0.29) is 18.2 Å². The zero-order valence-electron chi connectivity index (χ0n) is 17.5. The highest BCUT2D eigenvalue weighted by Crippen LogP contribution is 2.34. The Hall–Kier alpha value is -2.70. The standard InChI is InChI=1S/C22H30N4O3/c1-15-12-16(2)14-18(13-15)23-19(28)8-9-20-24-21(26-29-20)22(25-17(3)27)10-6-4-5-7-11-22/h12-14H,4-11H2,1-3H3,(H,23,28)(H,25,27). The molecule has 0 radical (unpaired) electrons. The molecule has 0 bridgehead atoms. The van der Waals surface area contributed by atoms with Crippen LogP contribution in [0.4, 0.5) is 5.69 Å². The summed E-state index contributed by atoms with van der Waals surface area (Å²) < 4.78 is 5.41. The van der Waals surface area contributed by atoms with Gasteiger partial charge in [-0.1, -0.05) is 36.9 Å². The van der Waals surface area contributed by atoms with Gasteiger partial charge in [-0.05, 0) is 49.9 Å². The number of hydrogen-bond acceptors (Lipinski definition) is 5. The first-order valence-electron chi connectivity index (χ1n) is 10.4. The molecule has 0 unspecified atom stereocenters. The molecule has 2 N–H and O–H groups in total. The molecule has 7 heteroatoms. The zero-order chi connectivity index (χ0) is 20.9. The van der Waals surface area contributed by atoms with Crippen molar-refractivity contribution >= 4 is 17.5 Å². The average Bonchev–Trinajstić information content (AvgIpc) is 2.99. The minimum absolute atomic E-state index is 0.0916. The Morgan fingerprint density at radius 2 is 1.72 bits per heavy atom. The van der Waals surface area contributed by atoms with Gasteiger partial charge in [0.05, 0.1) is 0 Å². The third-order valence-corrected chi connectivity index (χ3v) is 5.34. The van der Waals surface area contributed by atoms with E-state index < -0.39 is 5.54 Å². The third kappa shape index (κ3) is 5.65. The lowest BCUT2D eigenvalue weighted by Gasteiger charge is -2.30. The highest BCUT2D eigenvalue weighted by molar-refractivity contribution is 5.90. The lowest BCUT2D eigenvalue weighted by Crippen LogP contribution is -2.45. The molecule has 156 valence electrons. The molecule has 2 aromatic rings. The van der Waals surface area contributed by atoms with E-state index in [1.54, 1.807) is 0 Å². The molecule has 0 aliphatic heterocycles. The van der Waals surface area contributed by atoms with Crippen molar-refractivity contribution in [2.75, 3.05) is 5.32 Å². The molecule has 1 fully saturated rings. The number of anilines is 1. The smallest absolute Gasteiger partial charge is 0.227 e. The van der Waals surface area contributed by atoms with Crippen LogP contribution in [0, 0.1) is 13.8 Å². The quantitative estimate of drug-likeness (QED) is 0.718. The third-order valence-electron chi connectivity index (χ3n) is 5.34. The second-order valence-corrected chi connectivity index (χ2v) is 8.11. The van der Waals surface area contributed by atoms with E-state index in [2.05, 4.69) is 26.8 Å². The number of aromatic nitrogens is 2. The van der Waals surface area contributed by atoms with Crippen molar-refractivity contribution in [3.63, 3.8) is 0 Å². The SMILES string of the molecule is CC(=O)NC1(c2noc(CCC(=O)Nc3cc(C)cc(C)c3)n2)CCCCCC1. The van der Waals surface area contributed by atoms with Gasteiger partial charge in [0.2, 0.25) is 17.7 Å². The van der Waals surface area contributed by atoms with Crippen LogP contribution in [-0.4, -0.2) is 22.0 Å². The van der Waals surface area contributed by atoms with Crippen LogP contribution in [-0.2, 0) is 21.5 Å². The molecule has 29 heavy (non-hydrogen) atoms. The van der Waals surface area contributed by atoms with Gasteiger partial charge >= 0.3 is 0 Å². The lowest BCUT2D eigenvalue weighted by atomic mass is 9.89. The first-order valence-corrected chi connectivity index (χ1v) is 10.4.